The van der Waals surface area contributed by atoms with Crippen LogP contribution in [0.25, 0.3) is 0 Å². The summed E-state index contributed by atoms with van der Waals surface area (Å²) in [6.07, 6.45) is 0.743. The number of nitrogens with one attached hydrogen (secondary N) is 1. The fourth-order valence-electron chi connectivity index (χ4n) is 5.50. The molecule has 0 aliphatic carbocycles. The normalized spacial score (nSPS) is 20.0. The second-order valence-corrected chi connectivity index (χ2v) is 10.6. The molecule has 2 amide bonds. The fraction of sp³-hybridized carbons (Fsp3) is 0.310. The molecule has 0 saturated carbocycles. The first-order chi connectivity index (χ1) is 17.9. The number of hydrogen-bond acceptors (Lipinski definition) is 3. The summed E-state index contributed by atoms with van der Waals surface area (Å²) in [5, 5.41) is 3.74. The van der Waals surface area contributed by atoms with Gasteiger partial charge in [-0.25, -0.2) is 4.39 Å². The minimum absolute atomic E-state index is 0.0408. The molecule has 5 rings (SSSR count). The Kier molecular flexibility index (Phi) is 7.79. The molecule has 3 aromatic carbocycles. The zero-order valence-corrected chi connectivity index (χ0v) is 21.8. The molecule has 37 heavy (non-hydrogen) atoms. The van der Waals surface area contributed by atoms with E-state index < -0.39 is 5.82 Å². The zero-order valence-electron chi connectivity index (χ0n) is 20.2. The lowest BCUT2D eigenvalue weighted by atomic mass is 10.0. The summed E-state index contributed by atoms with van der Waals surface area (Å²) in [7, 11) is 0. The average Bonchev–Trinajstić information content (AvgIpc) is 3.46. The first-order valence-corrected chi connectivity index (χ1v) is 13.2. The van der Waals surface area contributed by atoms with Gasteiger partial charge in [0.25, 0.3) is 11.8 Å². The summed E-state index contributed by atoms with van der Waals surface area (Å²) in [5.74, 6) is -0.444. The largest absolute Gasteiger partial charge is 0.345 e. The molecule has 2 heterocycles. The summed E-state index contributed by atoms with van der Waals surface area (Å²) in [5.41, 5.74) is 1.46. The Hall–Kier alpha value is -2.93. The number of carbonyl (C=O) groups excluding carboxylic acids is 2. The molecule has 3 aromatic rings. The molecule has 5 nitrogen and oxygen atoms in total. The van der Waals surface area contributed by atoms with Gasteiger partial charge in [-0.15, -0.1) is 0 Å². The summed E-state index contributed by atoms with van der Waals surface area (Å²) >= 11 is 12.4. The van der Waals surface area contributed by atoms with Gasteiger partial charge in [-0.2, -0.15) is 0 Å². The van der Waals surface area contributed by atoms with Gasteiger partial charge in [-0.3, -0.25) is 9.59 Å². The van der Waals surface area contributed by atoms with E-state index in [-0.39, 0.29) is 28.4 Å². The molecule has 2 fully saturated rings. The third-order valence-electron chi connectivity index (χ3n) is 7.39. The van der Waals surface area contributed by atoms with Crippen LogP contribution in [0.5, 0.6) is 0 Å². The van der Waals surface area contributed by atoms with E-state index in [1.54, 1.807) is 35.2 Å². The van der Waals surface area contributed by atoms with E-state index >= 15 is 0 Å². The molecular weight excluding hydrogens is 512 g/mol. The minimum atomic E-state index is -0.582. The minimum Gasteiger partial charge on any atom is -0.345 e. The SMILES string of the molecule is O=C(N[C@@H](CCN1CC2CN(C(=O)c3c(F)cccc3Cl)CC2C1)c1ccccc1)c1ccccc1Cl. The average molecular weight is 540 g/mol. The van der Waals surface area contributed by atoms with Crippen molar-refractivity contribution < 1.29 is 14.0 Å². The molecule has 0 spiro atoms. The molecule has 2 aliphatic rings. The van der Waals surface area contributed by atoms with E-state index in [0.29, 0.717) is 35.5 Å². The number of amides is 2. The third-order valence-corrected chi connectivity index (χ3v) is 8.03. The number of carbonyl (C=O) groups is 2. The van der Waals surface area contributed by atoms with E-state index in [1.807, 2.05) is 30.3 Å². The highest BCUT2D eigenvalue weighted by Crippen LogP contribution is 2.34. The van der Waals surface area contributed by atoms with Gasteiger partial charge in [0, 0.05) is 32.7 Å². The highest BCUT2D eigenvalue weighted by atomic mass is 35.5. The van der Waals surface area contributed by atoms with Crippen molar-refractivity contribution in [1.29, 1.82) is 0 Å². The van der Waals surface area contributed by atoms with Crippen LogP contribution in [0.1, 0.15) is 38.7 Å². The number of fused-ring (bicyclic) bond motifs is 1. The van der Waals surface area contributed by atoms with Crippen molar-refractivity contribution >= 4 is 35.0 Å². The molecule has 2 unspecified atom stereocenters. The predicted octanol–water partition coefficient (Wildman–Crippen LogP) is 5.70. The van der Waals surface area contributed by atoms with Crippen LogP contribution in [-0.2, 0) is 0 Å². The van der Waals surface area contributed by atoms with Crippen LogP contribution < -0.4 is 5.32 Å². The van der Waals surface area contributed by atoms with Gasteiger partial charge in [-0.05, 0) is 48.1 Å². The molecule has 2 aliphatic heterocycles. The second-order valence-electron chi connectivity index (χ2n) is 9.79. The summed E-state index contributed by atoms with van der Waals surface area (Å²) < 4.78 is 14.3. The quantitative estimate of drug-likeness (QED) is 0.419. The van der Waals surface area contributed by atoms with Gasteiger partial charge < -0.3 is 15.1 Å². The van der Waals surface area contributed by atoms with Crippen LogP contribution in [0.2, 0.25) is 10.0 Å². The van der Waals surface area contributed by atoms with Crippen molar-refractivity contribution in [3.63, 3.8) is 0 Å². The maximum Gasteiger partial charge on any atom is 0.258 e. The highest BCUT2D eigenvalue weighted by Gasteiger charge is 2.42. The Morgan fingerprint density at radius 1 is 0.865 bits per heavy atom. The summed E-state index contributed by atoms with van der Waals surface area (Å²) in [6, 6.07) is 21.1. The number of benzene rings is 3. The van der Waals surface area contributed by atoms with Gasteiger partial charge in [0.05, 0.1) is 27.2 Å². The molecule has 1 N–H and O–H groups in total. The van der Waals surface area contributed by atoms with Gasteiger partial charge in [0.1, 0.15) is 5.82 Å². The number of rotatable bonds is 7. The van der Waals surface area contributed by atoms with E-state index in [1.165, 1.54) is 12.1 Å². The second kappa shape index (κ2) is 11.2. The Bertz CT molecular complexity index is 1250. The van der Waals surface area contributed by atoms with Crippen molar-refractivity contribution in [2.75, 3.05) is 32.7 Å². The Labute approximate surface area is 226 Å². The lowest BCUT2D eigenvalue weighted by molar-refractivity contribution is 0.0769. The Balaban J connectivity index is 1.20. The number of hydrogen-bond donors (Lipinski definition) is 1. The highest BCUT2D eigenvalue weighted by molar-refractivity contribution is 6.34. The molecular formula is C29H28Cl2FN3O2. The molecule has 3 atom stereocenters. The lowest BCUT2D eigenvalue weighted by Crippen LogP contribution is -2.35. The van der Waals surface area contributed by atoms with Gasteiger partial charge in [0.2, 0.25) is 0 Å². The number of nitrogens with zero attached hydrogens (tertiary/aromatic N) is 2. The summed E-state index contributed by atoms with van der Waals surface area (Å²) in [6.45, 7) is 3.72. The first kappa shape index (κ1) is 25.7. The van der Waals surface area contributed by atoms with Crippen molar-refractivity contribution in [3.05, 3.63) is 105 Å². The van der Waals surface area contributed by atoms with Crippen LogP contribution in [0.3, 0.4) is 0 Å². The zero-order chi connectivity index (χ0) is 25.9. The topological polar surface area (TPSA) is 52.7 Å². The maximum absolute atomic E-state index is 14.3. The lowest BCUT2D eigenvalue weighted by Gasteiger charge is -2.25. The third kappa shape index (κ3) is 5.66. The fourth-order valence-corrected chi connectivity index (χ4v) is 5.96. The molecule has 192 valence electrons. The Morgan fingerprint density at radius 2 is 1.51 bits per heavy atom. The maximum atomic E-state index is 14.3. The standard InChI is InChI=1S/C29H28Cl2FN3O2/c30-23-10-5-4-9-22(23)28(36)33-26(19-7-2-1-3-8-19)13-14-34-15-20-17-35(18-21(20)16-34)29(37)27-24(31)11-6-12-25(27)32/h1-12,20-21,26H,13-18H2,(H,33,36)/t20?,21?,26-/m0/s1. The van der Waals surface area contributed by atoms with E-state index in [2.05, 4.69) is 10.2 Å². The number of halogens is 3. The number of likely N-dealkylation sites (tertiary alicyclic amines) is 2. The predicted molar refractivity (Wildman–Crippen MR) is 143 cm³/mol. The molecule has 2 saturated heterocycles. The monoisotopic (exact) mass is 539 g/mol. The van der Waals surface area contributed by atoms with Crippen LogP contribution in [0.4, 0.5) is 4.39 Å². The van der Waals surface area contributed by atoms with Crippen molar-refractivity contribution in [2.24, 2.45) is 11.8 Å². The van der Waals surface area contributed by atoms with E-state index in [4.69, 9.17) is 23.2 Å². The van der Waals surface area contributed by atoms with Gasteiger partial charge >= 0.3 is 0 Å². The van der Waals surface area contributed by atoms with Crippen molar-refractivity contribution in [1.82, 2.24) is 15.1 Å². The molecule has 0 bridgehead atoms. The van der Waals surface area contributed by atoms with E-state index in [0.717, 1.165) is 31.6 Å². The molecule has 8 heteroatoms. The molecule has 0 aromatic heterocycles. The van der Waals surface area contributed by atoms with Gasteiger partial charge in [-0.1, -0.05) is 71.7 Å². The van der Waals surface area contributed by atoms with E-state index in [9.17, 15) is 14.0 Å². The molecule has 0 radical (unpaired) electrons. The van der Waals surface area contributed by atoms with Gasteiger partial charge in [0.15, 0.2) is 0 Å². The van der Waals surface area contributed by atoms with Crippen LogP contribution in [0, 0.1) is 17.7 Å². The Morgan fingerprint density at radius 3 is 2.19 bits per heavy atom. The smallest absolute Gasteiger partial charge is 0.258 e. The van der Waals surface area contributed by atoms with Crippen molar-refractivity contribution in [3.8, 4) is 0 Å². The first-order valence-electron chi connectivity index (χ1n) is 12.5. The van der Waals surface area contributed by atoms with Crippen LogP contribution in [-0.4, -0.2) is 54.3 Å². The van der Waals surface area contributed by atoms with Crippen molar-refractivity contribution in [2.45, 2.75) is 12.5 Å². The van der Waals surface area contributed by atoms with Crippen LogP contribution >= 0.6 is 23.2 Å². The van der Waals surface area contributed by atoms with Crippen LogP contribution in [0.15, 0.2) is 72.8 Å². The summed E-state index contributed by atoms with van der Waals surface area (Å²) in [4.78, 5) is 30.1.